The molecule has 0 N–H and O–H groups in total. The van der Waals surface area contributed by atoms with E-state index in [1.165, 1.54) is 0 Å². The van der Waals surface area contributed by atoms with Gasteiger partial charge in [0.15, 0.2) is 0 Å². The lowest BCUT2D eigenvalue weighted by Crippen LogP contribution is -2.13. The predicted molar refractivity (Wildman–Crippen MR) is 57.1 cm³/mol. The summed E-state index contributed by atoms with van der Waals surface area (Å²) in [6, 6.07) is 9.04. The van der Waals surface area contributed by atoms with E-state index in [1.807, 2.05) is 18.2 Å². The number of esters is 1. The minimum atomic E-state index is -0.351. The SMILES string of the molecule is C=C(OC(=O)C(C)C)Oc1ccccc1. The molecule has 0 aromatic heterocycles. The largest absolute Gasteiger partial charge is 0.426 e. The Bertz CT molecular complexity index is 341. The first-order chi connectivity index (χ1) is 7.09. The van der Waals surface area contributed by atoms with E-state index in [-0.39, 0.29) is 17.8 Å². The van der Waals surface area contributed by atoms with E-state index in [0.29, 0.717) is 5.75 Å². The van der Waals surface area contributed by atoms with Gasteiger partial charge >= 0.3 is 5.97 Å². The van der Waals surface area contributed by atoms with Crippen LogP contribution in [0.25, 0.3) is 0 Å². The van der Waals surface area contributed by atoms with Gasteiger partial charge in [-0.1, -0.05) is 32.0 Å². The van der Waals surface area contributed by atoms with Gasteiger partial charge in [-0.05, 0) is 18.7 Å². The van der Waals surface area contributed by atoms with Crippen molar-refractivity contribution in [1.82, 2.24) is 0 Å². The lowest BCUT2D eigenvalue weighted by Gasteiger charge is -2.09. The summed E-state index contributed by atoms with van der Waals surface area (Å²) in [5, 5.41) is 0. The molecule has 15 heavy (non-hydrogen) atoms. The molecule has 80 valence electrons. The maximum absolute atomic E-state index is 11.2. The topological polar surface area (TPSA) is 35.5 Å². The predicted octanol–water partition coefficient (Wildman–Crippen LogP) is 2.74. The Hall–Kier alpha value is -1.77. The second-order valence-electron chi connectivity index (χ2n) is 3.36. The van der Waals surface area contributed by atoms with Crippen LogP contribution in [0.1, 0.15) is 13.8 Å². The van der Waals surface area contributed by atoms with Gasteiger partial charge in [-0.3, -0.25) is 4.79 Å². The summed E-state index contributed by atoms with van der Waals surface area (Å²) in [7, 11) is 0. The lowest BCUT2D eigenvalue weighted by atomic mass is 10.2. The number of carbonyl (C=O) groups excluding carboxylic acids is 1. The molecule has 0 aliphatic heterocycles. The van der Waals surface area contributed by atoms with Gasteiger partial charge in [0.2, 0.25) is 0 Å². The van der Waals surface area contributed by atoms with Crippen LogP contribution in [0, 0.1) is 5.92 Å². The summed E-state index contributed by atoms with van der Waals surface area (Å²) in [5.41, 5.74) is 0. The molecule has 0 fully saturated rings. The molecule has 0 unspecified atom stereocenters. The summed E-state index contributed by atoms with van der Waals surface area (Å²) in [6.07, 6.45) is 0. The average molecular weight is 206 g/mol. The van der Waals surface area contributed by atoms with Crippen LogP contribution in [0.2, 0.25) is 0 Å². The first-order valence-electron chi connectivity index (χ1n) is 4.73. The maximum atomic E-state index is 11.2. The van der Waals surface area contributed by atoms with Crippen molar-refractivity contribution in [3.05, 3.63) is 42.9 Å². The fourth-order valence-electron chi connectivity index (χ4n) is 0.871. The van der Waals surface area contributed by atoms with Crippen LogP contribution < -0.4 is 4.74 Å². The van der Waals surface area contributed by atoms with Crippen molar-refractivity contribution >= 4 is 5.97 Å². The zero-order chi connectivity index (χ0) is 11.3. The van der Waals surface area contributed by atoms with Gasteiger partial charge < -0.3 is 9.47 Å². The van der Waals surface area contributed by atoms with Crippen molar-refractivity contribution in [2.75, 3.05) is 0 Å². The molecule has 0 aliphatic rings. The molecule has 0 spiro atoms. The van der Waals surface area contributed by atoms with Crippen LogP contribution in [0.3, 0.4) is 0 Å². The van der Waals surface area contributed by atoms with Crippen LogP contribution in [0.15, 0.2) is 42.9 Å². The van der Waals surface area contributed by atoms with Gasteiger partial charge in [0, 0.05) is 0 Å². The molecule has 3 nitrogen and oxygen atoms in total. The Morgan fingerprint density at radius 3 is 2.40 bits per heavy atom. The van der Waals surface area contributed by atoms with Crippen LogP contribution in [-0.2, 0) is 9.53 Å². The molecule has 0 bridgehead atoms. The fourth-order valence-corrected chi connectivity index (χ4v) is 0.871. The molecule has 0 heterocycles. The summed E-state index contributed by atoms with van der Waals surface area (Å²) < 4.78 is 10.1. The third kappa shape index (κ3) is 3.85. The second kappa shape index (κ2) is 5.20. The van der Waals surface area contributed by atoms with E-state index >= 15 is 0 Å². The smallest absolute Gasteiger partial charge is 0.316 e. The molecule has 0 atom stereocenters. The minimum absolute atomic E-state index is 0.0000926. The number of hydrogen-bond donors (Lipinski definition) is 0. The van der Waals surface area contributed by atoms with Gasteiger partial charge in [-0.25, -0.2) is 0 Å². The monoisotopic (exact) mass is 206 g/mol. The highest BCUT2D eigenvalue weighted by molar-refractivity contribution is 5.72. The van der Waals surface area contributed by atoms with Gasteiger partial charge in [-0.15, -0.1) is 0 Å². The molecule has 3 heteroatoms. The highest BCUT2D eigenvalue weighted by Gasteiger charge is 2.11. The Labute approximate surface area is 89.3 Å². The summed E-state index contributed by atoms with van der Waals surface area (Å²) >= 11 is 0. The Balaban J connectivity index is 2.47. The van der Waals surface area contributed by atoms with Crippen LogP contribution in [-0.4, -0.2) is 5.97 Å². The number of benzene rings is 1. The summed E-state index contributed by atoms with van der Waals surface area (Å²) in [6.45, 7) is 7.00. The third-order valence-electron chi connectivity index (χ3n) is 1.66. The van der Waals surface area contributed by atoms with E-state index in [4.69, 9.17) is 9.47 Å². The second-order valence-corrected chi connectivity index (χ2v) is 3.36. The maximum Gasteiger partial charge on any atom is 0.316 e. The van der Waals surface area contributed by atoms with E-state index < -0.39 is 0 Å². The fraction of sp³-hybridized carbons (Fsp3) is 0.250. The number of para-hydroxylation sites is 1. The molecule has 0 amide bonds. The first kappa shape index (κ1) is 11.3. The van der Waals surface area contributed by atoms with Gasteiger partial charge in [0.1, 0.15) is 5.75 Å². The van der Waals surface area contributed by atoms with E-state index in [0.717, 1.165) is 0 Å². The normalized spacial score (nSPS) is 9.80. The van der Waals surface area contributed by atoms with Crippen molar-refractivity contribution in [1.29, 1.82) is 0 Å². The van der Waals surface area contributed by atoms with Crippen molar-refractivity contribution in [3.8, 4) is 5.75 Å². The van der Waals surface area contributed by atoms with Crippen molar-refractivity contribution in [2.45, 2.75) is 13.8 Å². The van der Waals surface area contributed by atoms with Crippen molar-refractivity contribution in [2.24, 2.45) is 5.92 Å². The minimum Gasteiger partial charge on any atom is -0.426 e. The summed E-state index contributed by atoms with van der Waals surface area (Å²) in [4.78, 5) is 11.2. The molecule has 0 saturated carbocycles. The standard InChI is InChI=1S/C12H14O3/c1-9(2)12(13)15-10(3)14-11-7-5-4-6-8-11/h4-9H,3H2,1-2H3. The van der Waals surface area contributed by atoms with Crippen molar-refractivity contribution in [3.63, 3.8) is 0 Å². The van der Waals surface area contributed by atoms with Gasteiger partial charge in [0.25, 0.3) is 5.95 Å². The molecule has 0 radical (unpaired) electrons. The Morgan fingerprint density at radius 2 is 1.87 bits per heavy atom. The van der Waals surface area contributed by atoms with E-state index in [9.17, 15) is 4.79 Å². The number of hydrogen-bond acceptors (Lipinski definition) is 3. The van der Waals surface area contributed by atoms with E-state index in [2.05, 4.69) is 6.58 Å². The third-order valence-corrected chi connectivity index (χ3v) is 1.66. The van der Waals surface area contributed by atoms with Crippen molar-refractivity contribution < 1.29 is 14.3 Å². The molecule has 1 aromatic carbocycles. The molecule has 0 aliphatic carbocycles. The highest BCUT2D eigenvalue weighted by atomic mass is 16.7. The molecular formula is C12H14O3. The molecule has 0 saturated heterocycles. The zero-order valence-electron chi connectivity index (χ0n) is 8.90. The zero-order valence-corrected chi connectivity index (χ0v) is 8.90. The first-order valence-corrected chi connectivity index (χ1v) is 4.73. The average Bonchev–Trinajstić information content (AvgIpc) is 2.18. The molecule has 1 aromatic rings. The lowest BCUT2D eigenvalue weighted by molar-refractivity contribution is -0.146. The highest BCUT2D eigenvalue weighted by Crippen LogP contribution is 2.13. The van der Waals surface area contributed by atoms with Crippen LogP contribution >= 0.6 is 0 Å². The van der Waals surface area contributed by atoms with Gasteiger partial charge in [0.05, 0.1) is 5.92 Å². The van der Waals surface area contributed by atoms with Gasteiger partial charge in [-0.2, -0.15) is 0 Å². The quantitative estimate of drug-likeness (QED) is 0.561. The van der Waals surface area contributed by atoms with Crippen LogP contribution in [0.5, 0.6) is 5.75 Å². The van der Waals surface area contributed by atoms with Crippen LogP contribution in [0.4, 0.5) is 0 Å². The number of carbonyl (C=O) groups is 1. The Morgan fingerprint density at radius 1 is 1.27 bits per heavy atom. The van der Waals surface area contributed by atoms with E-state index in [1.54, 1.807) is 26.0 Å². The Kier molecular flexibility index (Phi) is 3.92. The molecular weight excluding hydrogens is 192 g/mol. The molecule has 1 rings (SSSR count). The number of ether oxygens (including phenoxy) is 2. The number of rotatable bonds is 4. The summed E-state index contributed by atoms with van der Waals surface area (Å²) in [5.74, 6) is 0.0519.